The van der Waals surface area contributed by atoms with Crippen molar-refractivity contribution < 1.29 is 4.74 Å². The van der Waals surface area contributed by atoms with Crippen LogP contribution < -0.4 is 5.32 Å². The summed E-state index contributed by atoms with van der Waals surface area (Å²) in [6.07, 6.45) is 2.29. The fourth-order valence-electron chi connectivity index (χ4n) is 2.32. The normalized spacial score (nSPS) is 26.6. The molecule has 0 aromatic rings. The number of ether oxygens (including phenoxy) is 1. The second-order valence-corrected chi connectivity index (χ2v) is 5.57. The van der Waals surface area contributed by atoms with Gasteiger partial charge in [0.15, 0.2) is 0 Å². The Bertz CT molecular complexity index is 197. The topological polar surface area (TPSA) is 24.5 Å². The van der Waals surface area contributed by atoms with Gasteiger partial charge in [-0.05, 0) is 25.7 Å². The van der Waals surface area contributed by atoms with Crippen molar-refractivity contribution in [1.82, 2.24) is 10.2 Å². The largest absolute Gasteiger partial charge is 0.381 e. The van der Waals surface area contributed by atoms with Gasteiger partial charge in [-0.3, -0.25) is 4.90 Å². The molecular formula is C14H30N2O. The molecule has 0 bridgehead atoms. The maximum atomic E-state index is 5.54. The molecule has 0 radical (unpaired) electrons. The predicted molar refractivity (Wildman–Crippen MR) is 73.4 cm³/mol. The van der Waals surface area contributed by atoms with Crippen LogP contribution in [0.5, 0.6) is 0 Å². The van der Waals surface area contributed by atoms with Gasteiger partial charge in [0, 0.05) is 44.9 Å². The molecule has 0 aliphatic carbocycles. The van der Waals surface area contributed by atoms with Gasteiger partial charge in [-0.25, -0.2) is 0 Å². The summed E-state index contributed by atoms with van der Waals surface area (Å²) in [7, 11) is 0. The van der Waals surface area contributed by atoms with Crippen LogP contribution in [-0.4, -0.2) is 49.8 Å². The van der Waals surface area contributed by atoms with Crippen LogP contribution in [0.1, 0.15) is 40.5 Å². The standard InChI is InChI=1S/C14H30N2O/c1-5-8-17-9-6-7-16-11-14(12(2)3)15-10-13(16)4/h12-15H,5-11H2,1-4H3. The van der Waals surface area contributed by atoms with Gasteiger partial charge in [0.1, 0.15) is 0 Å². The van der Waals surface area contributed by atoms with Crippen molar-refractivity contribution in [1.29, 1.82) is 0 Å². The van der Waals surface area contributed by atoms with E-state index in [0.717, 1.165) is 38.5 Å². The van der Waals surface area contributed by atoms with E-state index in [1.165, 1.54) is 13.1 Å². The summed E-state index contributed by atoms with van der Waals surface area (Å²) in [5, 5.41) is 3.64. The zero-order valence-corrected chi connectivity index (χ0v) is 12.0. The summed E-state index contributed by atoms with van der Waals surface area (Å²) in [6.45, 7) is 14.4. The molecule has 1 heterocycles. The first-order valence-corrected chi connectivity index (χ1v) is 7.20. The van der Waals surface area contributed by atoms with E-state index in [2.05, 4.69) is 37.9 Å². The van der Waals surface area contributed by atoms with Crippen molar-refractivity contribution in [2.24, 2.45) is 5.92 Å². The average Bonchev–Trinajstić information content (AvgIpc) is 2.30. The Morgan fingerprint density at radius 2 is 2.12 bits per heavy atom. The van der Waals surface area contributed by atoms with Crippen molar-refractivity contribution in [2.45, 2.75) is 52.6 Å². The Balaban J connectivity index is 2.20. The second-order valence-electron chi connectivity index (χ2n) is 5.57. The van der Waals surface area contributed by atoms with Crippen molar-refractivity contribution in [3.63, 3.8) is 0 Å². The first-order valence-electron chi connectivity index (χ1n) is 7.20. The summed E-state index contributed by atoms with van der Waals surface area (Å²) in [6, 6.07) is 1.32. The number of piperazine rings is 1. The van der Waals surface area contributed by atoms with Gasteiger partial charge in [-0.15, -0.1) is 0 Å². The molecule has 1 fully saturated rings. The zero-order valence-electron chi connectivity index (χ0n) is 12.0. The first kappa shape index (κ1) is 14.9. The van der Waals surface area contributed by atoms with Crippen LogP contribution in [0.15, 0.2) is 0 Å². The van der Waals surface area contributed by atoms with Crippen LogP contribution >= 0.6 is 0 Å². The highest BCUT2D eigenvalue weighted by atomic mass is 16.5. The van der Waals surface area contributed by atoms with Crippen LogP contribution in [0.3, 0.4) is 0 Å². The van der Waals surface area contributed by atoms with E-state index in [0.29, 0.717) is 12.1 Å². The van der Waals surface area contributed by atoms with Gasteiger partial charge in [0.2, 0.25) is 0 Å². The van der Waals surface area contributed by atoms with Crippen molar-refractivity contribution in [2.75, 3.05) is 32.8 Å². The number of rotatable bonds is 7. The molecule has 1 aliphatic rings. The third-order valence-electron chi connectivity index (χ3n) is 3.62. The average molecular weight is 242 g/mol. The van der Waals surface area contributed by atoms with E-state index in [4.69, 9.17) is 4.74 Å². The molecule has 0 saturated carbocycles. The minimum absolute atomic E-state index is 0.655. The molecule has 0 aromatic carbocycles. The minimum Gasteiger partial charge on any atom is -0.381 e. The molecule has 3 nitrogen and oxygen atoms in total. The highest BCUT2D eigenvalue weighted by Gasteiger charge is 2.25. The zero-order chi connectivity index (χ0) is 12.7. The van der Waals surface area contributed by atoms with E-state index in [1.54, 1.807) is 0 Å². The molecule has 2 atom stereocenters. The van der Waals surface area contributed by atoms with Crippen LogP contribution in [0.25, 0.3) is 0 Å². The summed E-state index contributed by atoms with van der Waals surface area (Å²) in [5.74, 6) is 0.723. The molecule has 17 heavy (non-hydrogen) atoms. The van der Waals surface area contributed by atoms with Gasteiger partial charge in [-0.1, -0.05) is 20.8 Å². The SMILES string of the molecule is CCCOCCCN1CC(C(C)C)NCC1C. The maximum Gasteiger partial charge on any atom is 0.0478 e. The molecule has 1 rings (SSSR count). The third kappa shape index (κ3) is 5.36. The number of nitrogens with zero attached hydrogens (tertiary/aromatic N) is 1. The molecule has 0 amide bonds. The lowest BCUT2D eigenvalue weighted by molar-refractivity contribution is 0.0903. The van der Waals surface area contributed by atoms with Gasteiger partial charge in [0.05, 0.1) is 0 Å². The highest BCUT2D eigenvalue weighted by molar-refractivity contribution is 4.85. The van der Waals surface area contributed by atoms with Gasteiger partial charge < -0.3 is 10.1 Å². The highest BCUT2D eigenvalue weighted by Crippen LogP contribution is 2.12. The summed E-state index contributed by atoms with van der Waals surface area (Å²) < 4.78 is 5.54. The van der Waals surface area contributed by atoms with E-state index >= 15 is 0 Å². The molecule has 0 aromatic heterocycles. The number of hydrogen-bond acceptors (Lipinski definition) is 3. The molecule has 0 spiro atoms. The van der Waals surface area contributed by atoms with E-state index in [-0.39, 0.29) is 0 Å². The Kier molecular flexibility index (Phi) is 7.09. The second kappa shape index (κ2) is 8.06. The fourth-order valence-corrected chi connectivity index (χ4v) is 2.32. The monoisotopic (exact) mass is 242 g/mol. The van der Waals surface area contributed by atoms with Crippen LogP contribution in [0, 0.1) is 5.92 Å². The summed E-state index contributed by atoms with van der Waals surface area (Å²) in [4.78, 5) is 2.61. The van der Waals surface area contributed by atoms with E-state index in [9.17, 15) is 0 Å². The lowest BCUT2D eigenvalue weighted by Crippen LogP contribution is -2.57. The van der Waals surface area contributed by atoms with Crippen molar-refractivity contribution >= 4 is 0 Å². The Labute approximate surface area is 107 Å². The minimum atomic E-state index is 0.655. The first-order chi connectivity index (χ1) is 8.15. The van der Waals surface area contributed by atoms with E-state index < -0.39 is 0 Å². The number of nitrogens with one attached hydrogen (secondary N) is 1. The number of hydrogen-bond donors (Lipinski definition) is 1. The van der Waals surface area contributed by atoms with E-state index in [1.807, 2.05) is 0 Å². The molecular weight excluding hydrogens is 212 g/mol. The molecule has 1 N–H and O–H groups in total. The lowest BCUT2D eigenvalue weighted by atomic mass is 10.00. The Morgan fingerprint density at radius 1 is 1.35 bits per heavy atom. The van der Waals surface area contributed by atoms with Crippen LogP contribution in [-0.2, 0) is 4.74 Å². The van der Waals surface area contributed by atoms with Crippen molar-refractivity contribution in [3.05, 3.63) is 0 Å². The van der Waals surface area contributed by atoms with Gasteiger partial charge >= 0.3 is 0 Å². The Hall–Kier alpha value is -0.120. The predicted octanol–water partition coefficient (Wildman–Crippen LogP) is 2.12. The maximum absolute atomic E-state index is 5.54. The quantitative estimate of drug-likeness (QED) is 0.692. The lowest BCUT2D eigenvalue weighted by Gasteiger charge is -2.40. The van der Waals surface area contributed by atoms with Gasteiger partial charge in [0.25, 0.3) is 0 Å². The fraction of sp³-hybridized carbons (Fsp3) is 1.00. The van der Waals surface area contributed by atoms with Crippen LogP contribution in [0.4, 0.5) is 0 Å². The van der Waals surface area contributed by atoms with Crippen LogP contribution in [0.2, 0.25) is 0 Å². The smallest absolute Gasteiger partial charge is 0.0478 e. The molecule has 1 saturated heterocycles. The molecule has 2 unspecified atom stereocenters. The van der Waals surface area contributed by atoms with Gasteiger partial charge in [-0.2, -0.15) is 0 Å². The summed E-state index contributed by atoms with van der Waals surface area (Å²) >= 11 is 0. The van der Waals surface area contributed by atoms with Crippen molar-refractivity contribution in [3.8, 4) is 0 Å². The molecule has 3 heteroatoms. The molecule has 102 valence electrons. The Morgan fingerprint density at radius 3 is 2.76 bits per heavy atom. The molecule has 1 aliphatic heterocycles. The summed E-state index contributed by atoms with van der Waals surface area (Å²) in [5.41, 5.74) is 0. The third-order valence-corrected chi connectivity index (χ3v) is 3.62.